The van der Waals surface area contributed by atoms with Crippen LogP contribution in [0.4, 0.5) is 4.39 Å². The van der Waals surface area contributed by atoms with Crippen molar-refractivity contribution in [3.05, 3.63) is 70.0 Å². The van der Waals surface area contributed by atoms with Crippen LogP contribution in [0.1, 0.15) is 22.7 Å². The predicted molar refractivity (Wildman–Crippen MR) is 76.4 cm³/mol. The van der Waals surface area contributed by atoms with E-state index in [1.165, 1.54) is 6.07 Å². The minimum absolute atomic E-state index is 0.0980. The molecular formula is C15H16ClFN2. The lowest BCUT2D eigenvalue weighted by molar-refractivity contribution is 0.548. The quantitative estimate of drug-likeness (QED) is 0.663. The lowest BCUT2D eigenvalue weighted by Gasteiger charge is -2.17. The molecule has 0 aromatic heterocycles. The van der Waals surface area contributed by atoms with Crippen LogP contribution in [0.15, 0.2) is 42.5 Å². The molecular weight excluding hydrogens is 263 g/mol. The first kappa shape index (κ1) is 14.0. The van der Waals surface area contributed by atoms with Crippen LogP contribution in [0.25, 0.3) is 0 Å². The molecule has 1 atom stereocenters. The average Bonchev–Trinajstić information content (AvgIpc) is 2.40. The molecule has 100 valence electrons. The molecule has 0 spiro atoms. The first-order valence-electron chi connectivity index (χ1n) is 6.07. The van der Waals surface area contributed by atoms with Crippen molar-refractivity contribution in [3.8, 4) is 0 Å². The molecule has 2 aromatic carbocycles. The molecule has 4 heteroatoms. The largest absolute Gasteiger partial charge is 0.271 e. The topological polar surface area (TPSA) is 38.0 Å². The maximum absolute atomic E-state index is 13.4. The van der Waals surface area contributed by atoms with Gasteiger partial charge in [0.15, 0.2) is 0 Å². The molecule has 0 fully saturated rings. The fraction of sp³-hybridized carbons (Fsp3) is 0.200. The Kier molecular flexibility index (Phi) is 4.53. The van der Waals surface area contributed by atoms with Crippen molar-refractivity contribution in [1.82, 2.24) is 5.43 Å². The third-order valence-corrected chi connectivity index (χ3v) is 3.52. The lowest BCUT2D eigenvalue weighted by Crippen LogP contribution is -2.29. The maximum atomic E-state index is 13.4. The van der Waals surface area contributed by atoms with Crippen LogP contribution in [-0.4, -0.2) is 0 Å². The second-order valence-electron chi connectivity index (χ2n) is 4.55. The Morgan fingerprint density at radius 1 is 1.26 bits per heavy atom. The molecule has 0 radical (unpaired) electrons. The highest BCUT2D eigenvalue weighted by molar-refractivity contribution is 6.31. The SMILES string of the molecule is Cc1cccc(C(Cc2cccc(F)c2Cl)NN)c1. The highest BCUT2D eigenvalue weighted by atomic mass is 35.5. The van der Waals surface area contributed by atoms with Gasteiger partial charge in [0.25, 0.3) is 0 Å². The summed E-state index contributed by atoms with van der Waals surface area (Å²) in [5.74, 6) is 5.20. The molecule has 2 nitrogen and oxygen atoms in total. The molecule has 0 aliphatic rings. The van der Waals surface area contributed by atoms with Crippen LogP contribution in [0.2, 0.25) is 5.02 Å². The Hall–Kier alpha value is -1.42. The smallest absolute Gasteiger partial charge is 0.142 e. The molecule has 3 N–H and O–H groups in total. The van der Waals surface area contributed by atoms with E-state index in [0.29, 0.717) is 6.42 Å². The summed E-state index contributed by atoms with van der Waals surface area (Å²) in [6, 6.07) is 12.8. The number of hydrazine groups is 1. The average molecular weight is 279 g/mol. The van der Waals surface area contributed by atoms with Gasteiger partial charge in [-0.3, -0.25) is 11.3 Å². The number of nitrogens with two attached hydrogens (primary N) is 1. The van der Waals surface area contributed by atoms with Gasteiger partial charge in [-0.25, -0.2) is 4.39 Å². The summed E-state index contributed by atoms with van der Waals surface area (Å²) in [5, 5.41) is 0.162. The van der Waals surface area contributed by atoms with E-state index in [0.717, 1.165) is 16.7 Å². The number of nitrogens with one attached hydrogen (secondary N) is 1. The Labute approximate surface area is 117 Å². The second-order valence-corrected chi connectivity index (χ2v) is 4.93. The van der Waals surface area contributed by atoms with E-state index in [1.54, 1.807) is 6.07 Å². The number of hydrogen-bond donors (Lipinski definition) is 2. The van der Waals surface area contributed by atoms with Crippen molar-refractivity contribution in [2.24, 2.45) is 5.84 Å². The van der Waals surface area contributed by atoms with Crippen LogP contribution in [0.5, 0.6) is 0 Å². The van der Waals surface area contributed by atoms with Crippen molar-refractivity contribution >= 4 is 11.6 Å². The van der Waals surface area contributed by atoms with Crippen LogP contribution in [-0.2, 0) is 6.42 Å². The minimum Gasteiger partial charge on any atom is -0.271 e. The molecule has 0 heterocycles. The fourth-order valence-electron chi connectivity index (χ4n) is 2.09. The lowest BCUT2D eigenvalue weighted by atomic mass is 9.98. The molecule has 2 aromatic rings. The number of benzene rings is 2. The zero-order chi connectivity index (χ0) is 13.8. The molecule has 1 unspecified atom stereocenters. The zero-order valence-corrected chi connectivity index (χ0v) is 11.4. The van der Waals surface area contributed by atoms with E-state index in [1.807, 2.05) is 31.2 Å². The molecule has 2 rings (SSSR count). The first-order chi connectivity index (χ1) is 9.11. The maximum Gasteiger partial charge on any atom is 0.142 e. The van der Waals surface area contributed by atoms with E-state index in [-0.39, 0.29) is 11.1 Å². The normalized spacial score (nSPS) is 12.4. The molecule has 19 heavy (non-hydrogen) atoms. The van der Waals surface area contributed by atoms with Crippen molar-refractivity contribution in [1.29, 1.82) is 0 Å². The third-order valence-electron chi connectivity index (χ3n) is 3.10. The molecule has 0 saturated heterocycles. The van der Waals surface area contributed by atoms with Gasteiger partial charge >= 0.3 is 0 Å². The van der Waals surface area contributed by atoms with Crippen molar-refractivity contribution < 1.29 is 4.39 Å². The van der Waals surface area contributed by atoms with E-state index < -0.39 is 5.82 Å². The van der Waals surface area contributed by atoms with Crippen molar-refractivity contribution in [3.63, 3.8) is 0 Å². The van der Waals surface area contributed by atoms with Crippen LogP contribution >= 0.6 is 11.6 Å². The Bertz CT molecular complexity index is 572. The van der Waals surface area contributed by atoms with Crippen LogP contribution in [0.3, 0.4) is 0 Å². The standard InChI is InChI=1S/C15H16ClFN2/c1-10-4-2-5-11(8-10)14(19-18)9-12-6-3-7-13(17)15(12)16/h2-8,14,19H,9,18H2,1H3. The highest BCUT2D eigenvalue weighted by Crippen LogP contribution is 2.25. The third kappa shape index (κ3) is 3.32. The number of hydrogen-bond acceptors (Lipinski definition) is 2. The van der Waals surface area contributed by atoms with E-state index in [9.17, 15) is 4.39 Å². The van der Waals surface area contributed by atoms with Gasteiger partial charge in [0.2, 0.25) is 0 Å². The van der Waals surface area contributed by atoms with Gasteiger partial charge in [0.1, 0.15) is 5.82 Å². The summed E-state index contributed by atoms with van der Waals surface area (Å²) in [4.78, 5) is 0. The van der Waals surface area contributed by atoms with Crippen LogP contribution in [0, 0.1) is 12.7 Å². The van der Waals surface area contributed by atoms with Gasteiger partial charge < -0.3 is 0 Å². The summed E-state index contributed by atoms with van der Waals surface area (Å²) in [7, 11) is 0. The Morgan fingerprint density at radius 3 is 2.68 bits per heavy atom. The highest BCUT2D eigenvalue weighted by Gasteiger charge is 2.14. The zero-order valence-electron chi connectivity index (χ0n) is 10.7. The number of rotatable bonds is 4. The predicted octanol–water partition coefficient (Wildman–Crippen LogP) is 3.53. The molecule has 0 aliphatic carbocycles. The van der Waals surface area contributed by atoms with E-state index >= 15 is 0 Å². The van der Waals surface area contributed by atoms with Crippen LogP contribution < -0.4 is 11.3 Å². The van der Waals surface area contributed by atoms with Crippen molar-refractivity contribution in [2.75, 3.05) is 0 Å². The van der Waals surface area contributed by atoms with Gasteiger partial charge in [-0.2, -0.15) is 0 Å². The van der Waals surface area contributed by atoms with Gasteiger partial charge in [-0.1, -0.05) is 53.6 Å². The van der Waals surface area contributed by atoms with E-state index in [4.69, 9.17) is 17.4 Å². The van der Waals surface area contributed by atoms with Gasteiger partial charge in [-0.15, -0.1) is 0 Å². The van der Waals surface area contributed by atoms with Gasteiger partial charge in [0.05, 0.1) is 11.1 Å². The monoisotopic (exact) mass is 278 g/mol. The Morgan fingerprint density at radius 2 is 2.00 bits per heavy atom. The molecule has 0 saturated carbocycles. The minimum atomic E-state index is -0.404. The molecule has 0 amide bonds. The van der Waals surface area contributed by atoms with E-state index in [2.05, 4.69) is 11.5 Å². The number of halogens is 2. The van der Waals surface area contributed by atoms with Gasteiger partial charge in [-0.05, 0) is 30.5 Å². The second kappa shape index (κ2) is 6.15. The summed E-state index contributed by atoms with van der Waals surface area (Å²) in [5.41, 5.74) is 5.72. The Balaban J connectivity index is 2.26. The summed E-state index contributed by atoms with van der Waals surface area (Å²) < 4.78 is 13.4. The molecule has 0 bridgehead atoms. The first-order valence-corrected chi connectivity index (χ1v) is 6.45. The van der Waals surface area contributed by atoms with Crippen molar-refractivity contribution in [2.45, 2.75) is 19.4 Å². The summed E-state index contributed by atoms with van der Waals surface area (Å²) >= 11 is 5.97. The summed E-state index contributed by atoms with van der Waals surface area (Å²) in [6.45, 7) is 2.02. The molecule has 0 aliphatic heterocycles. The summed E-state index contributed by atoms with van der Waals surface area (Å²) in [6.07, 6.45) is 0.538. The fourth-order valence-corrected chi connectivity index (χ4v) is 2.29. The van der Waals surface area contributed by atoms with Gasteiger partial charge in [0, 0.05) is 0 Å². The number of aryl methyl sites for hydroxylation is 1.